The lowest BCUT2D eigenvalue weighted by atomic mass is 10.2. The van der Waals surface area contributed by atoms with Gasteiger partial charge in [-0.1, -0.05) is 27.7 Å². The Balaban J connectivity index is 3.19. The number of unbranched alkanes of at least 4 members (excludes halogenated alkanes) is 2. The number of nitrogens with one attached hydrogen (secondary N) is 1. The van der Waals surface area contributed by atoms with Crippen LogP contribution in [0, 0.1) is 0 Å². The van der Waals surface area contributed by atoms with Crippen molar-refractivity contribution in [2.24, 2.45) is 0 Å². The first-order chi connectivity index (χ1) is 9.28. The molecule has 0 aromatic heterocycles. The van der Waals surface area contributed by atoms with Crippen LogP contribution < -0.4 is 5.32 Å². The van der Waals surface area contributed by atoms with E-state index in [1.807, 2.05) is 0 Å². The second-order valence-electron chi connectivity index (χ2n) is 5.22. The minimum absolute atomic E-state index is 1.19. The summed E-state index contributed by atoms with van der Waals surface area (Å²) in [6.45, 7) is 18.6. The third kappa shape index (κ3) is 11.4. The van der Waals surface area contributed by atoms with E-state index < -0.39 is 0 Å². The zero-order valence-corrected chi connectivity index (χ0v) is 13.9. The number of hydrogen-bond donors (Lipinski definition) is 1. The van der Waals surface area contributed by atoms with Gasteiger partial charge in [0.2, 0.25) is 0 Å². The molecule has 0 saturated carbocycles. The Kier molecular flexibility index (Phi) is 14.2. The van der Waals surface area contributed by atoms with Crippen LogP contribution in [0.4, 0.5) is 0 Å². The summed E-state index contributed by atoms with van der Waals surface area (Å²) in [7, 11) is 0. The molecule has 19 heavy (non-hydrogen) atoms. The fourth-order valence-electron chi connectivity index (χ4n) is 2.38. The summed E-state index contributed by atoms with van der Waals surface area (Å²) in [5.74, 6) is 0. The van der Waals surface area contributed by atoms with Crippen molar-refractivity contribution in [1.29, 1.82) is 0 Å². The second-order valence-corrected chi connectivity index (χ2v) is 5.22. The molecule has 3 nitrogen and oxygen atoms in total. The Morgan fingerprint density at radius 1 is 0.579 bits per heavy atom. The maximum atomic E-state index is 3.57. The molecule has 0 heterocycles. The van der Waals surface area contributed by atoms with E-state index in [4.69, 9.17) is 0 Å². The van der Waals surface area contributed by atoms with Crippen molar-refractivity contribution < 1.29 is 0 Å². The summed E-state index contributed by atoms with van der Waals surface area (Å²) < 4.78 is 0. The molecule has 0 fully saturated rings. The molecule has 0 radical (unpaired) electrons. The first kappa shape index (κ1) is 18.9. The van der Waals surface area contributed by atoms with Crippen molar-refractivity contribution in [3.8, 4) is 0 Å². The van der Waals surface area contributed by atoms with E-state index in [1.54, 1.807) is 0 Å². The van der Waals surface area contributed by atoms with Gasteiger partial charge in [0.25, 0.3) is 0 Å². The zero-order valence-electron chi connectivity index (χ0n) is 13.9. The zero-order chi connectivity index (χ0) is 14.3. The summed E-state index contributed by atoms with van der Waals surface area (Å²) >= 11 is 0. The third-order valence-corrected chi connectivity index (χ3v) is 3.94. The molecule has 0 aliphatic rings. The monoisotopic (exact) mass is 271 g/mol. The van der Waals surface area contributed by atoms with E-state index in [9.17, 15) is 0 Å². The van der Waals surface area contributed by atoms with Gasteiger partial charge in [-0.3, -0.25) is 0 Å². The molecule has 0 unspecified atom stereocenters. The van der Waals surface area contributed by atoms with Crippen molar-refractivity contribution in [2.45, 2.75) is 53.4 Å². The predicted octanol–water partition coefficient (Wildman–Crippen LogP) is 2.82. The topological polar surface area (TPSA) is 18.5 Å². The smallest absolute Gasteiger partial charge is 0.00185 e. The van der Waals surface area contributed by atoms with Crippen LogP contribution in [0.25, 0.3) is 0 Å². The molecule has 0 bridgehead atoms. The normalized spacial score (nSPS) is 11.7. The molecule has 0 aromatic rings. The maximum absolute atomic E-state index is 3.57. The molecule has 0 amide bonds. The summed E-state index contributed by atoms with van der Waals surface area (Å²) in [4.78, 5) is 5.01. The van der Waals surface area contributed by atoms with Gasteiger partial charge >= 0.3 is 0 Å². The largest absolute Gasteiger partial charge is 0.317 e. The van der Waals surface area contributed by atoms with Crippen molar-refractivity contribution in [1.82, 2.24) is 15.1 Å². The van der Waals surface area contributed by atoms with Crippen LogP contribution in [0.2, 0.25) is 0 Å². The third-order valence-electron chi connectivity index (χ3n) is 3.94. The lowest BCUT2D eigenvalue weighted by Gasteiger charge is -2.18. The fraction of sp³-hybridized carbons (Fsp3) is 1.00. The van der Waals surface area contributed by atoms with Crippen LogP contribution in [-0.4, -0.2) is 62.2 Å². The molecule has 0 aliphatic heterocycles. The summed E-state index contributed by atoms with van der Waals surface area (Å²) in [5.41, 5.74) is 0. The van der Waals surface area contributed by atoms with E-state index in [0.29, 0.717) is 0 Å². The average molecular weight is 271 g/mol. The van der Waals surface area contributed by atoms with Crippen molar-refractivity contribution in [3.05, 3.63) is 0 Å². The minimum atomic E-state index is 1.19. The molecular formula is C16H37N3. The lowest BCUT2D eigenvalue weighted by Crippen LogP contribution is -2.26. The van der Waals surface area contributed by atoms with Crippen LogP contribution in [0.1, 0.15) is 53.4 Å². The standard InChI is InChI=1S/C16H37N3/c1-5-18(6-2)15-11-9-13-17-14-10-12-16-19(7-3)8-4/h17H,5-16H2,1-4H3. The highest BCUT2D eigenvalue weighted by Gasteiger charge is 1.99. The van der Waals surface area contributed by atoms with Gasteiger partial charge in [0.05, 0.1) is 0 Å². The molecule has 3 heteroatoms. The van der Waals surface area contributed by atoms with Crippen LogP contribution in [-0.2, 0) is 0 Å². The molecule has 0 aliphatic carbocycles. The van der Waals surface area contributed by atoms with Crippen LogP contribution in [0.3, 0.4) is 0 Å². The van der Waals surface area contributed by atoms with Gasteiger partial charge in [0.1, 0.15) is 0 Å². The minimum Gasteiger partial charge on any atom is -0.317 e. The van der Waals surface area contributed by atoms with E-state index in [-0.39, 0.29) is 0 Å². The summed E-state index contributed by atoms with van der Waals surface area (Å²) in [6, 6.07) is 0. The Morgan fingerprint density at radius 2 is 0.947 bits per heavy atom. The van der Waals surface area contributed by atoms with Gasteiger partial charge in [-0.25, -0.2) is 0 Å². The molecule has 0 aromatic carbocycles. The first-order valence-corrected chi connectivity index (χ1v) is 8.43. The Hall–Kier alpha value is -0.120. The molecule has 116 valence electrons. The van der Waals surface area contributed by atoms with Crippen molar-refractivity contribution >= 4 is 0 Å². The highest BCUT2D eigenvalue weighted by atomic mass is 15.1. The summed E-state index contributed by atoms with van der Waals surface area (Å²) in [6.07, 6.45) is 5.28. The van der Waals surface area contributed by atoms with Gasteiger partial charge < -0.3 is 15.1 Å². The van der Waals surface area contributed by atoms with Crippen LogP contribution >= 0.6 is 0 Å². The van der Waals surface area contributed by atoms with Gasteiger partial charge in [-0.05, 0) is 78.0 Å². The highest BCUT2D eigenvalue weighted by molar-refractivity contribution is 4.56. The van der Waals surface area contributed by atoms with Crippen LogP contribution in [0.15, 0.2) is 0 Å². The van der Waals surface area contributed by atoms with Crippen molar-refractivity contribution in [3.63, 3.8) is 0 Å². The average Bonchev–Trinajstić information content (AvgIpc) is 2.45. The van der Waals surface area contributed by atoms with E-state index >= 15 is 0 Å². The van der Waals surface area contributed by atoms with Gasteiger partial charge in [0, 0.05) is 0 Å². The second kappa shape index (κ2) is 14.3. The van der Waals surface area contributed by atoms with E-state index in [0.717, 1.165) is 0 Å². The number of hydrogen-bond acceptors (Lipinski definition) is 3. The summed E-state index contributed by atoms with van der Waals surface area (Å²) in [5, 5.41) is 3.57. The van der Waals surface area contributed by atoms with Crippen LogP contribution in [0.5, 0.6) is 0 Å². The highest BCUT2D eigenvalue weighted by Crippen LogP contribution is 1.96. The van der Waals surface area contributed by atoms with E-state index in [2.05, 4.69) is 42.8 Å². The Labute approximate surface area is 121 Å². The maximum Gasteiger partial charge on any atom is -0.00185 e. The molecule has 0 spiro atoms. The molecule has 0 saturated heterocycles. The van der Waals surface area contributed by atoms with E-state index in [1.165, 1.54) is 78.0 Å². The molecular weight excluding hydrogens is 234 g/mol. The molecule has 0 atom stereocenters. The van der Waals surface area contributed by atoms with Gasteiger partial charge in [-0.15, -0.1) is 0 Å². The first-order valence-electron chi connectivity index (χ1n) is 8.43. The number of nitrogens with zero attached hydrogens (tertiary/aromatic N) is 2. The Morgan fingerprint density at radius 3 is 1.26 bits per heavy atom. The quantitative estimate of drug-likeness (QED) is 0.490. The molecule has 0 rings (SSSR count). The Bertz CT molecular complexity index is 147. The predicted molar refractivity (Wildman–Crippen MR) is 86.9 cm³/mol. The van der Waals surface area contributed by atoms with Crippen molar-refractivity contribution in [2.75, 3.05) is 52.4 Å². The molecule has 1 N–H and O–H groups in total. The fourth-order valence-corrected chi connectivity index (χ4v) is 2.38. The number of rotatable bonds is 14. The lowest BCUT2D eigenvalue weighted by molar-refractivity contribution is 0.293. The van der Waals surface area contributed by atoms with Gasteiger partial charge in [0.15, 0.2) is 0 Å². The SMILES string of the molecule is CCN(CC)CCCCNCCCCN(CC)CC. The van der Waals surface area contributed by atoms with Gasteiger partial charge in [-0.2, -0.15) is 0 Å².